The van der Waals surface area contributed by atoms with Gasteiger partial charge in [0.25, 0.3) is 0 Å². The van der Waals surface area contributed by atoms with Crippen LogP contribution in [-0.4, -0.2) is 37.3 Å². The van der Waals surface area contributed by atoms with Gasteiger partial charge in [0.15, 0.2) is 0 Å². The van der Waals surface area contributed by atoms with Gasteiger partial charge in [-0.25, -0.2) is 14.1 Å². The molecule has 0 unspecified atom stereocenters. The van der Waals surface area contributed by atoms with Gasteiger partial charge in [0.05, 0.1) is 13.1 Å². The molecule has 0 aliphatic carbocycles. The number of rotatable bonds is 4. The van der Waals surface area contributed by atoms with Crippen LogP contribution in [0.2, 0.25) is 0 Å². The lowest BCUT2D eigenvalue weighted by molar-refractivity contribution is 0.246. The quantitative estimate of drug-likeness (QED) is 0.606. The van der Waals surface area contributed by atoms with Crippen molar-refractivity contribution in [3.05, 3.63) is 78.8 Å². The third-order valence-corrected chi connectivity index (χ3v) is 6.61. The van der Waals surface area contributed by atoms with Crippen molar-refractivity contribution in [2.75, 3.05) is 13.1 Å². The number of hydrogen-bond donors (Lipinski definition) is 0. The van der Waals surface area contributed by atoms with Crippen LogP contribution < -0.4 is 11.1 Å². The van der Waals surface area contributed by atoms with Gasteiger partial charge in [-0.05, 0) is 30.7 Å². The zero-order chi connectivity index (χ0) is 20.0. The van der Waals surface area contributed by atoms with Crippen LogP contribution in [0.1, 0.15) is 22.8 Å². The summed E-state index contributed by atoms with van der Waals surface area (Å²) in [6, 6.07) is 5.88. The van der Waals surface area contributed by atoms with Crippen LogP contribution in [0.5, 0.6) is 0 Å². The molecule has 0 radical (unpaired) electrons. The van der Waals surface area contributed by atoms with Gasteiger partial charge in [-0.3, -0.25) is 19.1 Å². The topological polar surface area (TPSA) is 73.0 Å². The van der Waals surface area contributed by atoms with Gasteiger partial charge in [0.2, 0.25) is 0 Å². The normalized spacial score (nSPS) is 21.1. The van der Waals surface area contributed by atoms with Crippen LogP contribution in [0.15, 0.2) is 45.4 Å². The molecule has 1 spiro atoms. The molecular formula is C20H20FN5O2S. The number of aromatic nitrogens is 4. The molecule has 2 aliphatic rings. The fourth-order valence-corrected chi connectivity index (χ4v) is 5.09. The van der Waals surface area contributed by atoms with Crippen molar-refractivity contribution in [1.82, 2.24) is 24.2 Å². The van der Waals surface area contributed by atoms with Crippen LogP contribution in [0.25, 0.3) is 0 Å². The third-order valence-electron chi connectivity index (χ3n) is 5.84. The number of fused-ring (bicyclic) bond motifs is 1. The molecule has 4 heterocycles. The third kappa shape index (κ3) is 3.44. The predicted octanol–water partition coefficient (Wildman–Crippen LogP) is 1.50. The largest absolute Gasteiger partial charge is 0.332 e. The first-order valence-electron chi connectivity index (χ1n) is 9.57. The fraction of sp³-hybridized carbons (Fsp3) is 0.400. The van der Waals surface area contributed by atoms with Gasteiger partial charge in [-0.1, -0.05) is 12.1 Å². The van der Waals surface area contributed by atoms with E-state index in [0.717, 1.165) is 36.6 Å². The molecule has 0 saturated carbocycles. The zero-order valence-electron chi connectivity index (χ0n) is 15.8. The second kappa shape index (κ2) is 7.00. The fourth-order valence-electron chi connectivity index (χ4n) is 4.43. The first-order valence-corrected chi connectivity index (χ1v) is 10.5. The molecule has 2 aromatic heterocycles. The Hall–Kier alpha value is -2.65. The summed E-state index contributed by atoms with van der Waals surface area (Å²) >= 11 is 1.65. The van der Waals surface area contributed by atoms with Crippen molar-refractivity contribution >= 4 is 11.3 Å². The summed E-state index contributed by atoms with van der Waals surface area (Å²) in [7, 11) is 0. The number of nitrogens with zero attached hydrogens (tertiary/aromatic N) is 5. The Morgan fingerprint density at radius 3 is 2.69 bits per heavy atom. The monoisotopic (exact) mass is 413 g/mol. The average Bonchev–Trinajstić information content (AvgIpc) is 3.43. The lowest BCUT2D eigenvalue weighted by Crippen LogP contribution is -2.43. The summed E-state index contributed by atoms with van der Waals surface area (Å²) in [5.41, 5.74) is -0.480. The van der Waals surface area contributed by atoms with E-state index >= 15 is 0 Å². The van der Waals surface area contributed by atoms with E-state index in [-0.39, 0.29) is 17.8 Å². The van der Waals surface area contributed by atoms with Gasteiger partial charge >= 0.3 is 11.1 Å². The molecule has 5 rings (SSSR count). The van der Waals surface area contributed by atoms with E-state index in [4.69, 9.17) is 0 Å². The highest BCUT2D eigenvalue weighted by molar-refractivity contribution is 7.09. The Kier molecular flexibility index (Phi) is 4.44. The van der Waals surface area contributed by atoms with E-state index in [0.29, 0.717) is 18.8 Å². The molecule has 9 heteroatoms. The summed E-state index contributed by atoms with van der Waals surface area (Å²) in [6.07, 6.45) is 3.46. The molecule has 7 nitrogen and oxygen atoms in total. The first kappa shape index (κ1) is 18.4. The number of thiazole rings is 1. The maximum atomic E-state index is 13.1. The minimum absolute atomic E-state index is 0.0576. The molecule has 1 fully saturated rings. The predicted molar refractivity (Wildman–Crippen MR) is 106 cm³/mol. The Morgan fingerprint density at radius 2 is 1.93 bits per heavy atom. The summed E-state index contributed by atoms with van der Waals surface area (Å²) < 4.78 is 15.9. The Bertz CT molecular complexity index is 1160. The lowest BCUT2D eigenvalue weighted by atomic mass is 9.86. The Balaban J connectivity index is 1.38. The van der Waals surface area contributed by atoms with Crippen molar-refractivity contribution in [1.29, 1.82) is 0 Å². The van der Waals surface area contributed by atoms with Crippen molar-refractivity contribution in [2.45, 2.75) is 32.5 Å². The van der Waals surface area contributed by atoms with E-state index in [1.807, 2.05) is 11.6 Å². The molecular weight excluding hydrogens is 393 g/mol. The molecule has 0 amide bonds. The van der Waals surface area contributed by atoms with Crippen molar-refractivity contribution < 1.29 is 4.39 Å². The lowest BCUT2D eigenvalue weighted by Gasteiger charge is -2.22. The van der Waals surface area contributed by atoms with E-state index in [1.165, 1.54) is 16.8 Å². The van der Waals surface area contributed by atoms with Gasteiger partial charge < -0.3 is 0 Å². The SMILES string of the molecule is O=c1c(=O)n2c(nn1Cc1ccc(F)cc1)C[C@@]1(CCN(Cc3nccs3)C1)C2. The molecule has 1 aromatic carbocycles. The van der Waals surface area contributed by atoms with Gasteiger partial charge in [0.1, 0.15) is 16.6 Å². The summed E-state index contributed by atoms with van der Waals surface area (Å²) in [5.74, 6) is 0.321. The number of halogens is 1. The molecule has 0 N–H and O–H groups in total. The molecule has 1 saturated heterocycles. The smallest absolute Gasteiger partial charge is 0.296 e. The van der Waals surface area contributed by atoms with E-state index in [9.17, 15) is 14.0 Å². The number of hydrogen-bond acceptors (Lipinski definition) is 6. The van der Waals surface area contributed by atoms with Crippen LogP contribution in [0.3, 0.4) is 0 Å². The van der Waals surface area contributed by atoms with Gasteiger partial charge in [-0.15, -0.1) is 11.3 Å². The molecule has 1 atom stereocenters. The molecule has 150 valence electrons. The van der Waals surface area contributed by atoms with Gasteiger partial charge in [-0.2, -0.15) is 5.10 Å². The van der Waals surface area contributed by atoms with Crippen LogP contribution in [0.4, 0.5) is 4.39 Å². The maximum absolute atomic E-state index is 13.1. The highest BCUT2D eigenvalue weighted by atomic mass is 32.1. The second-order valence-corrected chi connectivity index (χ2v) is 8.94. The Morgan fingerprint density at radius 1 is 1.10 bits per heavy atom. The van der Waals surface area contributed by atoms with Crippen LogP contribution in [-0.2, 0) is 26.1 Å². The average molecular weight is 413 g/mol. The maximum Gasteiger partial charge on any atom is 0.332 e. The second-order valence-electron chi connectivity index (χ2n) is 7.96. The summed E-state index contributed by atoms with van der Waals surface area (Å²) in [5, 5.41) is 7.56. The van der Waals surface area contributed by atoms with Crippen LogP contribution in [0, 0.1) is 11.2 Å². The molecule has 2 aliphatic heterocycles. The van der Waals surface area contributed by atoms with Gasteiger partial charge in [0, 0.05) is 36.5 Å². The van der Waals surface area contributed by atoms with E-state index in [1.54, 1.807) is 28.0 Å². The number of benzene rings is 1. The van der Waals surface area contributed by atoms with Crippen molar-refractivity contribution in [3.63, 3.8) is 0 Å². The molecule has 0 bridgehead atoms. The van der Waals surface area contributed by atoms with E-state index < -0.39 is 11.1 Å². The highest BCUT2D eigenvalue weighted by Gasteiger charge is 2.44. The minimum atomic E-state index is -0.632. The summed E-state index contributed by atoms with van der Waals surface area (Å²) in [4.78, 5) is 32.0. The highest BCUT2D eigenvalue weighted by Crippen LogP contribution is 2.39. The summed E-state index contributed by atoms with van der Waals surface area (Å²) in [6.45, 7) is 3.32. The first-order chi connectivity index (χ1) is 14.0. The van der Waals surface area contributed by atoms with Crippen LogP contribution >= 0.6 is 11.3 Å². The number of likely N-dealkylation sites (tertiary alicyclic amines) is 1. The minimum Gasteiger partial charge on any atom is -0.296 e. The standard InChI is InChI=1S/C20H20FN5O2S/c21-15-3-1-14(2-4-15)10-26-19(28)18(27)25-13-20(9-16(25)23-26)5-7-24(12-20)11-17-22-6-8-29-17/h1-4,6,8H,5,7,9-13H2/t20-/m1/s1. The molecule has 3 aromatic rings. The van der Waals surface area contributed by atoms with Crippen molar-refractivity contribution in [3.8, 4) is 0 Å². The Labute approximate surface area is 170 Å². The zero-order valence-corrected chi connectivity index (χ0v) is 16.6. The van der Waals surface area contributed by atoms with E-state index in [2.05, 4.69) is 15.0 Å². The van der Waals surface area contributed by atoms with Crippen molar-refractivity contribution in [2.24, 2.45) is 5.41 Å². The molecule has 29 heavy (non-hydrogen) atoms.